The van der Waals surface area contributed by atoms with Crippen molar-refractivity contribution < 1.29 is 18.3 Å². The predicted molar refractivity (Wildman–Crippen MR) is 108 cm³/mol. The molecule has 148 valence electrons. The number of cyclic esters (lactones) is 1. The maximum Gasteiger partial charge on any atom is 0.414 e. The third kappa shape index (κ3) is 4.73. The predicted octanol–water partition coefficient (Wildman–Crippen LogP) is 2.33. The van der Waals surface area contributed by atoms with Crippen molar-refractivity contribution in [1.29, 1.82) is 0 Å². The minimum Gasteiger partial charge on any atom is -0.442 e. The Hall–Kier alpha value is -1.81. The summed E-state index contributed by atoms with van der Waals surface area (Å²) in [6, 6.07) is 2.40. The second-order valence-corrected chi connectivity index (χ2v) is 7.92. The first-order chi connectivity index (χ1) is 13.0. The molecule has 3 rings (SSSR count). The van der Waals surface area contributed by atoms with Gasteiger partial charge in [0.15, 0.2) is 16.7 Å². The largest absolute Gasteiger partial charge is 0.442 e. The lowest BCUT2D eigenvalue weighted by Crippen LogP contribution is -2.39. The molecule has 6 nitrogen and oxygen atoms in total. The lowest BCUT2D eigenvalue weighted by atomic mass is 10.2. The van der Waals surface area contributed by atoms with Crippen LogP contribution in [0.15, 0.2) is 12.1 Å². The number of ether oxygens (including phenoxy) is 1. The molecule has 1 atom stereocenters. The molecule has 2 aliphatic rings. The van der Waals surface area contributed by atoms with Gasteiger partial charge in [-0.2, -0.15) is 11.8 Å². The summed E-state index contributed by atoms with van der Waals surface area (Å²) in [6.45, 7) is 1.72. The normalized spacial score (nSPS) is 20.3. The summed E-state index contributed by atoms with van der Waals surface area (Å²) < 4.78 is 34.6. The molecule has 2 heterocycles. The molecule has 0 aliphatic carbocycles. The van der Waals surface area contributed by atoms with Crippen molar-refractivity contribution in [3.8, 4) is 0 Å². The molecule has 0 bridgehead atoms. The van der Waals surface area contributed by atoms with Gasteiger partial charge in [-0.05, 0) is 24.4 Å². The average molecular weight is 417 g/mol. The Labute approximate surface area is 166 Å². The van der Waals surface area contributed by atoms with Crippen LogP contribution in [0, 0.1) is 11.6 Å². The van der Waals surface area contributed by atoms with E-state index in [1.807, 2.05) is 0 Å². The SMILES string of the molecule is CNC(=S)NCC1CN(c2cc(F)c(N3CCCSCC3)c(F)c2)C(=O)O1. The second-order valence-electron chi connectivity index (χ2n) is 6.29. The summed E-state index contributed by atoms with van der Waals surface area (Å²) in [7, 11) is 1.68. The Morgan fingerprint density at radius 2 is 2.07 bits per heavy atom. The summed E-state index contributed by atoms with van der Waals surface area (Å²) in [6.07, 6.45) is -0.209. The standard InChI is InChI=1S/C17H22F2N4O2S2/c1-20-16(26)21-9-12-10-23(17(24)25-12)11-7-13(18)15(14(19)8-11)22-3-2-5-27-6-4-22/h7-8,12H,2-6,9-10H2,1H3,(H2,20,21,26). The van der Waals surface area contributed by atoms with E-state index in [2.05, 4.69) is 10.6 Å². The number of thiocarbonyl (C=S) groups is 1. The van der Waals surface area contributed by atoms with Crippen molar-refractivity contribution in [2.45, 2.75) is 12.5 Å². The van der Waals surface area contributed by atoms with Crippen LogP contribution in [0.5, 0.6) is 0 Å². The first kappa shape index (κ1) is 19.9. The number of hydrogen-bond donors (Lipinski definition) is 2. The summed E-state index contributed by atoms with van der Waals surface area (Å²) in [5.41, 5.74) is 0.132. The number of rotatable bonds is 4. The maximum atomic E-state index is 14.7. The number of amides is 1. The van der Waals surface area contributed by atoms with E-state index < -0.39 is 23.8 Å². The molecule has 0 saturated carbocycles. The average Bonchev–Trinajstić information content (AvgIpc) is 2.82. The number of nitrogens with zero attached hydrogens (tertiary/aromatic N) is 2. The zero-order valence-corrected chi connectivity index (χ0v) is 16.6. The zero-order chi connectivity index (χ0) is 19.4. The van der Waals surface area contributed by atoms with E-state index in [1.165, 1.54) is 17.0 Å². The minimum absolute atomic E-state index is 0.0219. The second kappa shape index (κ2) is 8.92. The molecule has 2 N–H and O–H groups in total. The van der Waals surface area contributed by atoms with Gasteiger partial charge >= 0.3 is 6.09 Å². The smallest absolute Gasteiger partial charge is 0.414 e. The Balaban J connectivity index is 1.73. The number of hydrogen-bond acceptors (Lipinski definition) is 5. The lowest BCUT2D eigenvalue weighted by molar-refractivity contribution is 0.143. The van der Waals surface area contributed by atoms with Crippen LogP contribution in [-0.4, -0.2) is 62.0 Å². The number of nitrogens with one attached hydrogen (secondary N) is 2. The Morgan fingerprint density at radius 3 is 2.78 bits per heavy atom. The highest BCUT2D eigenvalue weighted by Gasteiger charge is 2.33. The van der Waals surface area contributed by atoms with Gasteiger partial charge in [0.25, 0.3) is 0 Å². The fraction of sp³-hybridized carbons (Fsp3) is 0.529. The van der Waals surface area contributed by atoms with Crippen LogP contribution in [-0.2, 0) is 4.74 Å². The molecule has 27 heavy (non-hydrogen) atoms. The molecule has 0 radical (unpaired) electrons. The van der Waals surface area contributed by atoms with E-state index in [0.717, 1.165) is 17.9 Å². The first-order valence-electron chi connectivity index (χ1n) is 8.75. The van der Waals surface area contributed by atoms with Crippen molar-refractivity contribution in [2.24, 2.45) is 0 Å². The summed E-state index contributed by atoms with van der Waals surface area (Å²) in [5.74, 6) is 0.497. The van der Waals surface area contributed by atoms with Gasteiger partial charge in [0, 0.05) is 38.0 Å². The van der Waals surface area contributed by atoms with Crippen LogP contribution < -0.4 is 20.4 Å². The van der Waals surface area contributed by atoms with Crippen molar-refractivity contribution in [1.82, 2.24) is 10.6 Å². The maximum absolute atomic E-state index is 14.7. The molecule has 1 unspecified atom stereocenters. The highest BCUT2D eigenvalue weighted by molar-refractivity contribution is 7.99. The van der Waals surface area contributed by atoms with E-state index in [9.17, 15) is 13.6 Å². The van der Waals surface area contributed by atoms with Gasteiger partial charge in [0.1, 0.15) is 11.8 Å². The molecule has 0 spiro atoms. The molecule has 1 aromatic carbocycles. The lowest BCUT2D eigenvalue weighted by Gasteiger charge is -2.24. The van der Waals surface area contributed by atoms with Gasteiger partial charge in [0.05, 0.1) is 18.8 Å². The fourth-order valence-electron chi connectivity index (χ4n) is 3.11. The Morgan fingerprint density at radius 1 is 1.33 bits per heavy atom. The highest BCUT2D eigenvalue weighted by atomic mass is 32.2. The molecule has 0 aromatic heterocycles. The third-order valence-electron chi connectivity index (χ3n) is 4.44. The molecule has 2 saturated heterocycles. The number of carbonyl (C=O) groups is 1. The van der Waals surface area contributed by atoms with E-state index in [1.54, 1.807) is 23.7 Å². The number of halogens is 2. The van der Waals surface area contributed by atoms with E-state index in [0.29, 0.717) is 24.7 Å². The van der Waals surface area contributed by atoms with Gasteiger partial charge < -0.3 is 20.3 Å². The molecular weight excluding hydrogens is 394 g/mol. The van der Waals surface area contributed by atoms with Gasteiger partial charge in [-0.3, -0.25) is 4.90 Å². The first-order valence-corrected chi connectivity index (χ1v) is 10.3. The summed E-state index contributed by atoms with van der Waals surface area (Å²) in [5, 5.41) is 6.10. The number of benzene rings is 1. The zero-order valence-electron chi connectivity index (χ0n) is 15.0. The van der Waals surface area contributed by atoms with Crippen LogP contribution in [0.25, 0.3) is 0 Å². The van der Waals surface area contributed by atoms with E-state index in [4.69, 9.17) is 17.0 Å². The monoisotopic (exact) mass is 416 g/mol. The molecule has 10 heteroatoms. The van der Waals surface area contributed by atoms with Gasteiger partial charge in [-0.1, -0.05) is 0 Å². The van der Waals surface area contributed by atoms with E-state index >= 15 is 0 Å². The topological polar surface area (TPSA) is 56.8 Å². The number of anilines is 2. The van der Waals surface area contributed by atoms with Crippen LogP contribution in [0.2, 0.25) is 0 Å². The molecule has 2 aliphatic heterocycles. The van der Waals surface area contributed by atoms with Crippen LogP contribution >= 0.6 is 24.0 Å². The number of carbonyl (C=O) groups excluding carboxylic acids is 1. The summed E-state index contributed by atoms with van der Waals surface area (Å²) in [4.78, 5) is 15.1. The van der Waals surface area contributed by atoms with Crippen molar-refractivity contribution in [3.05, 3.63) is 23.8 Å². The molecule has 2 fully saturated rings. The molecule has 1 amide bonds. The molecular formula is C17H22F2N4O2S2. The summed E-state index contributed by atoms with van der Waals surface area (Å²) >= 11 is 6.76. The van der Waals surface area contributed by atoms with Gasteiger partial charge in [-0.25, -0.2) is 13.6 Å². The van der Waals surface area contributed by atoms with Crippen LogP contribution in [0.3, 0.4) is 0 Å². The van der Waals surface area contributed by atoms with Crippen molar-refractivity contribution in [2.75, 3.05) is 54.5 Å². The quantitative estimate of drug-likeness (QED) is 0.731. The van der Waals surface area contributed by atoms with Crippen molar-refractivity contribution >= 4 is 46.6 Å². The molecule has 1 aromatic rings. The highest BCUT2D eigenvalue weighted by Crippen LogP contribution is 2.32. The van der Waals surface area contributed by atoms with E-state index in [-0.39, 0.29) is 17.9 Å². The minimum atomic E-state index is -0.664. The van der Waals surface area contributed by atoms with Crippen molar-refractivity contribution in [3.63, 3.8) is 0 Å². The third-order valence-corrected chi connectivity index (χ3v) is 5.84. The van der Waals surface area contributed by atoms with Crippen LogP contribution in [0.1, 0.15) is 6.42 Å². The Bertz CT molecular complexity index is 691. The van der Waals surface area contributed by atoms with Gasteiger partial charge in [-0.15, -0.1) is 0 Å². The van der Waals surface area contributed by atoms with Gasteiger partial charge in [0.2, 0.25) is 0 Å². The number of thioether (sulfide) groups is 1. The Kier molecular flexibility index (Phi) is 6.59. The van der Waals surface area contributed by atoms with Crippen LogP contribution in [0.4, 0.5) is 25.0 Å². The fourth-order valence-corrected chi connectivity index (χ4v) is 4.08.